The van der Waals surface area contributed by atoms with Crippen molar-refractivity contribution in [3.8, 4) is 24.3 Å². The smallest absolute Gasteiger partial charge is 0.446 e. The first-order valence-electron chi connectivity index (χ1n) is 10.6. The lowest BCUT2D eigenvalue weighted by atomic mass is 9.99. The Hall–Kier alpha value is -4.76. The molecule has 0 fully saturated rings. The van der Waals surface area contributed by atoms with Gasteiger partial charge in [0.25, 0.3) is 0 Å². The van der Waals surface area contributed by atoms with Crippen molar-refractivity contribution in [1.29, 1.82) is 21.0 Å². The average Bonchev–Trinajstić information content (AvgIpc) is 3.42. The van der Waals surface area contributed by atoms with Crippen LogP contribution < -0.4 is 10.4 Å². The van der Waals surface area contributed by atoms with Crippen molar-refractivity contribution >= 4 is 78.5 Å². The SMILES string of the molecule is N#CC(C#N)=c1c2oc3cc(SC(F)(F)F)ccc3c2c(=C(C#N)C#N)c2oc3cc(SC(F)(F)F)ccc3c12. The maximum atomic E-state index is 13.0. The summed E-state index contributed by atoms with van der Waals surface area (Å²) >= 11 is -0.808. The third-order valence-electron chi connectivity index (χ3n) is 5.69. The number of halogens is 6. The van der Waals surface area contributed by atoms with Gasteiger partial charge in [0.1, 0.15) is 57.8 Å². The van der Waals surface area contributed by atoms with E-state index in [4.69, 9.17) is 8.83 Å². The monoisotopic (exact) mass is 584 g/mol. The quantitative estimate of drug-likeness (QED) is 0.159. The Morgan fingerprint density at radius 1 is 0.600 bits per heavy atom. The van der Waals surface area contributed by atoms with Crippen LogP contribution in [0.5, 0.6) is 0 Å². The summed E-state index contributed by atoms with van der Waals surface area (Å²) in [5, 5.41) is 39.0. The molecule has 3 aromatic carbocycles. The normalized spacial score (nSPS) is 11.8. The fraction of sp³-hybridized carbons (Fsp3) is 0.0769. The van der Waals surface area contributed by atoms with Gasteiger partial charge in [0.2, 0.25) is 0 Å². The zero-order chi connectivity index (χ0) is 29.0. The van der Waals surface area contributed by atoms with Gasteiger partial charge >= 0.3 is 11.0 Å². The number of furan rings is 2. The molecular weight excluding hydrogens is 578 g/mol. The molecule has 6 nitrogen and oxygen atoms in total. The lowest BCUT2D eigenvalue weighted by molar-refractivity contribution is -0.0337. The summed E-state index contributed by atoms with van der Waals surface area (Å²) in [4.78, 5) is -0.471. The zero-order valence-corrected chi connectivity index (χ0v) is 20.8. The van der Waals surface area contributed by atoms with Crippen molar-refractivity contribution in [2.75, 3.05) is 0 Å². The van der Waals surface area contributed by atoms with E-state index in [1.807, 2.05) is 0 Å². The minimum atomic E-state index is -4.61. The zero-order valence-electron chi connectivity index (χ0n) is 19.2. The molecule has 0 unspecified atom stereocenters. The Balaban J connectivity index is 2.08. The molecule has 0 bridgehead atoms. The van der Waals surface area contributed by atoms with Gasteiger partial charge in [-0.05, 0) is 59.9 Å². The summed E-state index contributed by atoms with van der Waals surface area (Å²) in [5.74, 6) is 0. The van der Waals surface area contributed by atoms with Gasteiger partial charge < -0.3 is 8.83 Å². The predicted molar refractivity (Wildman–Crippen MR) is 133 cm³/mol. The maximum Gasteiger partial charge on any atom is 0.446 e. The fourth-order valence-electron chi connectivity index (χ4n) is 4.37. The molecule has 196 valence electrons. The van der Waals surface area contributed by atoms with E-state index in [1.165, 1.54) is 12.1 Å². The van der Waals surface area contributed by atoms with Crippen LogP contribution >= 0.6 is 23.5 Å². The molecule has 0 saturated carbocycles. The Morgan fingerprint density at radius 3 is 1.25 bits per heavy atom. The summed E-state index contributed by atoms with van der Waals surface area (Å²) in [6, 6.07) is 13.9. The van der Waals surface area contributed by atoms with Gasteiger partial charge in [0.05, 0.1) is 10.4 Å². The maximum absolute atomic E-state index is 13.0. The van der Waals surface area contributed by atoms with E-state index in [-0.39, 0.29) is 64.1 Å². The van der Waals surface area contributed by atoms with Crippen LogP contribution in [0.2, 0.25) is 0 Å². The van der Waals surface area contributed by atoms with E-state index in [9.17, 15) is 47.4 Å². The molecule has 0 spiro atoms. The Kier molecular flexibility index (Phi) is 6.35. The number of benzene rings is 3. The van der Waals surface area contributed by atoms with Crippen molar-refractivity contribution in [1.82, 2.24) is 0 Å². The number of hydrogen-bond acceptors (Lipinski definition) is 8. The Labute approximate surface area is 226 Å². The molecule has 14 heteroatoms. The van der Waals surface area contributed by atoms with Crippen LogP contribution in [0.15, 0.2) is 55.0 Å². The van der Waals surface area contributed by atoms with Gasteiger partial charge in [-0.15, -0.1) is 0 Å². The topological polar surface area (TPSA) is 121 Å². The molecule has 0 aliphatic heterocycles. The first-order valence-corrected chi connectivity index (χ1v) is 12.3. The van der Waals surface area contributed by atoms with E-state index >= 15 is 0 Å². The molecule has 0 saturated heterocycles. The van der Waals surface area contributed by atoms with Crippen molar-refractivity contribution < 1.29 is 35.2 Å². The molecule has 5 rings (SSSR count). The van der Waals surface area contributed by atoms with Crippen molar-refractivity contribution in [2.45, 2.75) is 20.8 Å². The third-order valence-corrected chi connectivity index (χ3v) is 7.13. The van der Waals surface area contributed by atoms with Crippen LogP contribution in [0.4, 0.5) is 26.3 Å². The molecule has 0 atom stereocenters. The second-order valence-electron chi connectivity index (χ2n) is 7.97. The lowest BCUT2D eigenvalue weighted by Crippen LogP contribution is -2.16. The second kappa shape index (κ2) is 9.46. The first kappa shape index (κ1) is 26.8. The molecule has 2 aromatic heterocycles. The van der Waals surface area contributed by atoms with Crippen LogP contribution in [0, 0.1) is 45.3 Å². The van der Waals surface area contributed by atoms with E-state index in [2.05, 4.69) is 0 Å². The van der Waals surface area contributed by atoms with Crippen LogP contribution in [0.25, 0.3) is 55.0 Å². The average molecular weight is 584 g/mol. The summed E-state index contributed by atoms with van der Waals surface area (Å²) in [7, 11) is 0. The molecule has 0 amide bonds. The molecule has 0 radical (unpaired) electrons. The van der Waals surface area contributed by atoms with Gasteiger partial charge in [0, 0.05) is 31.3 Å². The van der Waals surface area contributed by atoms with Gasteiger partial charge in [-0.1, -0.05) is 0 Å². The predicted octanol–water partition coefficient (Wildman–Crippen LogP) is 7.10. The number of rotatable bonds is 2. The molecule has 0 aliphatic carbocycles. The first-order chi connectivity index (χ1) is 18.9. The highest BCUT2D eigenvalue weighted by Crippen LogP contribution is 2.41. The minimum Gasteiger partial charge on any atom is -0.455 e. The van der Waals surface area contributed by atoms with Crippen molar-refractivity contribution in [3.63, 3.8) is 0 Å². The van der Waals surface area contributed by atoms with Crippen molar-refractivity contribution in [2.24, 2.45) is 0 Å². The Bertz CT molecular complexity index is 2010. The Morgan fingerprint density at radius 2 is 0.950 bits per heavy atom. The third kappa shape index (κ3) is 4.54. The number of nitriles is 4. The largest absolute Gasteiger partial charge is 0.455 e. The van der Waals surface area contributed by atoms with E-state index in [1.54, 1.807) is 24.3 Å². The molecule has 5 aromatic rings. The highest BCUT2D eigenvalue weighted by atomic mass is 32.2. The number of fused-ring (bicyclic) bond motifs is 6. The number of hydrogen-bond donors (Lipinski definition) is 0. The van der Waals surface area contributed by atoms with Gasteiger partial charge in [-0.25, -0.2) is 0 Å². The summed E-state index contributed by atoms with van der Waals surface area (Å²) in [5.41, 5.74) is -10.8. The molecular formula is C26H6F6N4O2S2. The minimum absolute atomic E-state index is 0.00565. The number of thioether (sulfide) groups is 2. The van der Waals surface area contributed by atoms with Gasteiger partial charge in [-0.2, -0.15) is 47.4 Å². The molecule has 0 aliphatic rings. The standard InChI is InChI=1S/C26H6F6N4O2S2/c27-25(28,29)39-13-1-3-15-17(5-13)37-23-20(12(9-35)10-36)22-16-4-2-14(40-26(30,31)32)6-18(16)38-24(22)19(21(15)23)11(7-33)8-34/h1-6H. The van der Waals surface area contributed by atoms with E-state index in [0.717, 1.165) is 24.3 Å². The fourth-order valence-corrected chi connectivity index (χ4v) is 5.51. The van der Waals surface area contributed by atoms with Crippen LogP contribution in [-0.4, -0.2) is 11.0 Å². The highest BCUT2D eigenvalue weighted by Gasteiger charge is 2.31. The summed E-state index contributed by atoms with van der Waals surface area (Å²) in [6.45, 7) is 0. The van der Waals surface area contributed by atoms with Gasteiger partial charge in [0.15, 0.2) is 0 Å². The van der Waals surface area contributed by atoms with Crippen LogP contribution in [0.1, 0.15) is 0 Å². The lowest BCUT2D eigenvalue weighted by Gasteiger charge is -2.04. The summed E-state index contributed by atoms with van der Waals surface area (Å²) in [6.07, 6.45) is 0. The molecule has 0 N–H and O–H groups in total. The van der Waals surface area contributed by atoms with Crippen LogP contribution in [0.3, 0.4) is 0 Å². The van der Waals surface area contributed by atoms with E-state index < -0.39 is 45.7 Å². The molecule has 40 heavy (non-hydrogen) atoms. The number of nitrogens with zero attached hydrogens (tertiary/aromatic N) is 4. The second-order valence-corrected chi connectivity index (χ2v) is 10.2. The van der Waals surface area contributed by atoms with Crippen molar-refractivity contribution in [3.05, 3.63) is 46.8 Å². The van der Waals surface area contributed by atoms with E-state index in [0.29, 0.717) is 0 Å². The number of alkyl halides is 6. The highest BCUT2D eigenvalue weighted by molar-refractivity contribution is 8.00. The van der Waals surface area contributed by atoms with Crippen LogP contribution in [-0.2, 0) is 0 Å². The molecule has 2 heterocycles. The summed E-state index contributed by atoms with van der Waals surface area (Å²) < 4.78 is 89.7. The van der Waals surface area contributed by atoms with Gasteiger partial charge in [-0.3, -0.25) is 0 Å².